The van der Waals surface area contributed by atoms with E-state index in [0.29, 0.717) is 6.04 Å². The largest absolute Gasteiger partial charge is 0.367 e. The quantitative estimate of drug-likeness (QED) is 0.296. The molecule has 4 rings (SSSR count). The molecule has 0 spiro atoms. The highest BCUT2D eigenvalue weighted by Gasteiger charge is 2.43. The third kappa shape index (κ3) is 4.89. The molecule has 2 aromatic rings. The average Bonchev–Trinajstić information content (AvgIpc) is 3.19. The van der Waals surface area contributed by atoms with Gasteiger partial charge in [0.2, 0.25) is 0 Å². The second kappa shape index (κ2) is 10.8. The summed E-state index contributed by atoms with van der Waals surface area (Å²) in [4.78, 5) is 2.72. The molecule has 0 bridgehead atoms. The zero-order valence-electron chi connectivity index (χ0n) is 23.2. The van der Waals surface area contributed by atoms with Crippen molar-refractivity contribution < 1.29 is 0 Å². The highest BCUT2D eigenvalue weighted by molar-refractivity contribution is 5.82. The number of allylic oxidation sites excluding steroid dienone is 3. The maximum absolute atomic E-state index is 2.72. The number of anilines is 1. The van der Waals surface area contributed by atoms with Crippen molar-refractivity contribution in [3.05, 3.63) is 82.9 Å². The summed E-state index contributed by atoms with van der Waals surface area (Å²) in [5.74, 6) is 0. The molecular formula is C34H47N. The number of hydrogen-bond donors (Lipinski definition) is 0. The fourth-order valence-electron chi connectivity index (χ4n) is 6.64. The zero-order chi connectivity index (χ0) is 25.1. The summed E-state index contributed by atoms with van der Waals surface area (Å²) >= 11 is 0. The molecule has 0 amide bonds. The minimum absolute atomic E-state index is 0.0730. The molecule has 35 heavy (non-hydrogen) atoms. The average molecular weight is 470 g/mol. The summed E-state index contributed by atoms with van der Waals surface area (Å²) in [5, 5.41) is 0. The molecule has 1 aliphatic heterocycles. The Morgan fingerprint density at radius 1 is 0.800 bits per heavy atom. The number of para-hydroxylation sites is 1. The molecule has 188 valence electrons. The van der Waals surface area contributed by atoms with Crippen LogP contribution in [0.2, 0.25) is 0 Å². The summed E-state index contributed by atoms with van der Waals surface area (Å²) in [6.45, 7) is 15.5. The Morgan fingerprint density at radius 3 is 2.20 bits per heavy atom. The maximum Gasteiger partial charge on any atom is 0.0416 e. The highest BCUT2D eigenvalue weighted by Crippen LogP contribution is 2.49. The summed E-state index contributed by atoms with van der Waals surface area (Å²) in [6, 6.07) is 18.8. The third-order valence-electron chi connectivity index (χ3n) is 8.72. The van der Waals surface area contributed by atoms with E-state index in [2.05, 4.69) is 107 Å². The lowest BCUT2D eigenvalue weighted by Crippen LogP contribution is -2.41. The first-order valence-corrected chi connectivity index (χ1v) is 14.2. The SMILES string of the molecule is CCCCCC1=C(/C=C/CC2N(CCCCC)c3ccccc3C2(C)C)C(C)(C)c2ccccc21. The molecule has 0 aromatic heterocycles. The number of benzene rings is 2. The number of rotatable bonds is 11. The molecule has 1 heteroatoms. The summed E-state index contributed by atoms with van der Waals surface area (Å²) in [5.41, 5.74) is 9.32. The third-order valence-corrected chi connectivity index (χ3v) is 8.72. The Hall–Kier alpha value is -2.28. The first-order chi connectivity index (χ1) is 16.8. The normalized spacial score (nSPS) is 20.1. The van der Waals surface area contributed by atoms with Gasteiger partial charge in [0.15, 0.2) is 0 Å². The van der Waals surface area contributed by atoms with E-state index >= 15 is 0 Å². The number of nitrogens with zero attached hydrogens (tertiary/aromatic N) is 1. The Bertz CT molecular complexity index is 1070. The Labute approximate surface area is 215 Å². The van der Waals surface area contributed by atoms with Crippen LogP contribution in [0, 0.1) is 0 Å². The molecule has 0 saturated heterocycles. The predicted octanol–water partition coefficient (Wildman–Crippen LogP) is 9.61. The maximum atomic E-state index is 2.72. The van der Waals surface area contributed by atoms with Crippen LogP contribution in [0.1, 0.15) is 110 Å². The van der Waals surface area contributed by atoms with Crippen molar-refractivity contribution in [1.29, 1.82) is 0 Å². The summed E-state index contributed by atoms with van der Waals surface area (Å²) in [7, 11) is 0. The fourth-order valence-corrected chi connectivity index (χ4v) is 6.64. The van der Waals surface area contributed by atoms with Crippen molar-refractivity contribution in [3.8, 4) is 0 Å². The molecule has 0 radical (unpaired) electrons. The van der Waals surface area contributed by atoms with Crippen molar-refractivity contribution in [2.45, 2.75) is 110 Å². The minimum atomic E-state index is 0.0730. The van der Waals surface area contributed by atoms with Gasteiger partial charge >= 0.3 is 0 Å². The molecule has 1 aliphatic carbocycles. The van der Waals surface area contributed by atoms with Crippen LogP contribution in [0.3, 0.4) is 0 Å². The molecular weight excluding hydrogens is 422 g/mol. The molecule has 0 fully saturated rings. The fraction of sp³-hybridized carbons (Fsp3) is 0.529. The lowest BCUT2D eigenvalue weighted by molar-refractivity contribution is 0.414. The Balaban J connectivity index is 1.62. The van der Waals surface area contributed by atoms with Crippen molar-refractivity contribution in [1.82, 2.24) is 0 Å². The second-order valence-electron chi connectivity index (χ2n) is 11.8. The molecule has 1 heterocycles. The van der Waals surface area contributed by atoms with Gasteiger partial charge in [-0.25, -0.2) is 0 Å². The smallest absolute Gasteiger partial charge is 0.0416 e. The minimum Gasteiger partial charge on any atom is -0.367 e. The lowest BCUT2D eigenvalue weighted by atomic mass is 9.78. The first kappa shape index (κ1) is 25.8. The van der Waals surface area contributed by atoms with Gasteiger partial charge in [-0.3, -0.25) is 0 Å². The van der Waals surface area contributed by atoms with Crippen molar-refractivity contribution in [3.63, 3.8) is 0 Å². The van der Waals surface area contributed by atoms with Crippen LogP contribution in [-0.2, 0) is 10.8 Å². The van der Waals surface area contributed by atoms with Gasteiger partial charge in [0, 0.05) is 29.1 Å². The predicted molar refractivity (Wildman–Crippen MR) is 154 cm³/mol. The zero-order valence-corrected chi connectivity index (χ0v) is 23.2. The topological polar surface area (TPSA) is 3.24 Å². The van der Waals surface area contributed by atoms with Gasteiger partial charge in [0.05, 0.1) is 0 Å². The van der Waals surface area contributed by atoms with E-state index in [1.54, 1.807) is 11.1 Å². The standard InChI is InChI=1S/C34H47N/c1-7-9-11-18-26-27-19-12-13-20-28(27)33(3,4)29(26)22-17-24-32-34(5,6)30-21-14-15-23-31(30)35(32)25-16-10-8-2/h12-15,17,19-23,32H,7-11,16,18,24-25H2,1-6H3/b22-17+. The van der Waals surface area contributed by atoms with Crippen molar-refractivity contribution >= 4 is 11.3 Å². The van der Waals surface area contributed by atoms with Crippen LogP contribution in [0.4, 0.5) is 5.69 Å². The van der Waals surface area contributed by atoms with Gasteiger partial charge < -0.3 is 4.90 Å². The highest BCUT2D eigenvalue weighted by atomic mass is 15.2. The lowest BCUT2D eigenvalue weighted by Gasteiger charge is -2.34. The van der Waals surface area contributed by atoms with E-state index in [1.807, 2.05) is 0 Å². The molecule has 0 N–H and O–H groups in total. The van der Waals surface area contributed by atoms with E-state index in [9.17, 15) is 0 Å². The van der Waals surface area contributed by atoms with Gasteiger partial charge in [0.1, 0.15) is 0 Å². The van der Waals surface area contributed by atoms with Crippen LogP contribution in [-0.4, -0.2) is 12.6 Å². The van der Waals surface area contributed by atoms with Crippen LogP contribution in [0.15, 0.2) is 66.3 Å². The number of fused-ring (bicyclic) bond motifs is 2. The van der Waals surface area contributed by atoms with Gasteiger partial charge in [-0.15, -0.1) is 0 Å². The van der Waals surface area contributed by atoms with Gasteiger partial charge in [-0.1, -0.05) is 122 Å². The summed E-state index contributed by atoms with van der Waals surface area (Å²) in [6.07, 6.45) is 15.0. The number of hydrogen-bond acceptors (Lipinski definition) is 1. The second-order valence-corrected chi connectivity index (χ2v) is 11.8. The monoisotopic (exact) mass is 469 g/mol. The molecule has 2 aromatic carbocycles. The van der Waals surface area contributed by atoms with E-state index in [4.69, 9.17) is 0 Å². The van der Waals surface area contributed by atoms with Crippen molar-refractivity contribution in [2.24, 2.45) is 0 Å². The first-order valence-electron chi connectivity index (χ1n) is 14.2. The van der Waals surface area contributed by atoms with Crippen molar-refractivity contribution in [2.75, 3.05) is 11.4 Å². The van der Waals surface area contributed by atoms with Crippen LogP contribution >= 0.6 is 0 Å². The van der Waals surface area contributed by atoms with E-state index in [1.165, 1.54) is 67.3 Å². The van der Waals surface area contributed by atoms with E-state index in [-0.39, 0.29) is 10.8 Å². The Morgan fingerprint density at radius 2 is 1.46 bits per heavy atom. The summed E-state index contributed by atoms with van der Waals surface area (Å²) < 4.78 is 0. The molecule has 1 unspecified atom stereocenters. The molecule has 0 saturated carbocycles. The van der Waals surface area contributed by atoms with Crippen LogP contribution in [0.5, 0.6) is 0 Å². The Kier molecular flexibility index (Phi) is 7.94. The molecule has 1 nitrogen and oxygen atoms in total. The molecule has 2 aliphatic rings. The number of unbranched alkanes of at least 4 members (excludes halogenated alkanes) is 4. The van der Waals surface area contributed by atoms with Gasteiger partial charge in [-0.05, 0) is 59.6 Å². The molecule has 1 atom stereocenters. The van der Waals surface area contributed by atoms with Crippen LogP contribution in [0.25, 0.3) is 5.57 Å². The van der Waals surface area contributed by atoms with E-state index in [0.717, 1.165) is 13.0 Å². The van der Waals surface area contributed by atoms with Crippen LogP contribution < -0.4 is 4.90 Å². The van der Waals surface area contributed by atoms with E-state index < -0.39 is 0 Å². The van der Waals surface area contributed by atoms with Gasteiger partial charge in [-0.2, -0.15) is 0 Å². The van der Waals surface area contributed by atoms with Gasteiger partial charge in [0.25, 0.3) is 0 Å².